The molecule has 24 heavy (non-hydrogen) atoms. The van der Waals surface area contributed by atoms with Gasteiger partial charge in [-0.1, -0.05) is 11.8 Å². The maximum atomic E-state index is 11.9. The molecule has 4 fully saturated rings. The van der Waals surface area contributed by atoms with Gasteiger partial charge in [0.05, 0.1) is 11.0 Å². The summed E-state index contributed by atoms with van der Waals surface area (Å²) in [5, 5.41) is 22.8. The second-order valence-corrected chi connectivity index (χ2v) is 8.21. The second-order valence-electron chi connectivity index (χ2n) is 8.21. The van der Waals surface area contributed by atoms with Crippen molar-refractivity contribution in [2.75, 3.05) is 0 Å². The number of nitro benzene ring substituents is 1. The minimum absolute atomic E-state index is 0.0569. The average molecular weight is 327 g/mol. The van der Waals surface area contributed by atoms with Gasteiger partial charge in [0.1, 0.15) is 0 Å². The number of hydrogen-bond acceptors (Lipinski definition) is 4. The standard InChI is InChI=1S/C19H24N2O3/c1-12(19-8-13-4-14(9-19)6-15(5-13)10-19)20-11-16-7-17(21(23)24)2-3-18(16)22/h2-3,7,11-15,22H,4-6,8-10H2,1H3/p-1/t12-,13?,14?,15?,19?/m1/s1. The SMILES string of the molecule is C[C@@H](N=Cc1cc([N+](=O)[O-])ccc1[O-])C12CC3CC(CC(C3)C1)C2. The summed E-state index contributed by atoms with van der Waals surface area (Å²) in [5.74, 6) is 2.38. The lowest BCUT2D eigenvalue weighted by atomic mass is 9.48. The van der Waals surface area contributed by atoms with Gasteiger partial charge in [0.25, 0.3) is 5.69 Å². The fourth-order valence-corrected chi connectivity index (χ4v) is 5.79. The van der Waals surface area contributed by atoms with E-state index in [-0.39, 0.29) is 22.9 Å². The molecule has 4 bridgehead atoms. The van der Waals surface area contributed by atoms with Gasteiger partial charge in [-0.15, -0.1) is 0 Å². The zero-order valence-electron chi connectivity index (χ0n) is 14.0. The third kappa shape index (κ3) is 2.60. The molecular formula is C19H23N2O3-. The molecule has 4 aliphatic carbocycles. The normalized spacial score (nSPS) is 35.5. The van der Waals surface area contributed by atoms with Gasteiger partial charge in [0, 0.05) is 18.3 Å². The lowest BCUT2D eigenvalue weighted by molar-refractivity contribution is -0.385. The van der Waals surface area contributed by atoms with Crippen LogP contribution in [0.5, 0.6) is 5.75 Å². The lowest BCUT2D eigenvalue weighted by Gasteiger charge is -2.58. The highest BCUT2D eigenvalue weighted by Crippen LogP contribution is 2.61. The number of nitrogens with zero attached hydrogens (tertiary/aromatic N) is 2. The summed E-state index contributed by atoms with van der Waals surface area (Å²) in [6.07, 6.45) is 9.53. The molecule has 128 valence electrons. The maximum Gasteiger partial charge on any atom is 0.270 e. The Morgan fingerprint density at radius 3 is 2.33 bits per heavy atom. The number of nitro groups is 1. The molecule has 4 aliphatic rings. The van der Waals surface area contributed by atoms with Crippen LogP contribution in [-0.4, -0.2) is 17.2 Å². The molecule has 0 aromatic heterocycles. The highest BCUT2D eigenvalue weighted by molar-refractivity contribution is 5.84. The Morgan fingerprint density at radius 1 is 1.21 bits per heavy atom. The van der Waals surface area contributed by atoms with Crippen LogP contribution in [0.1, 0.15) is 51.0 Å². The first-order chi connectivity index (χ1) is 11.4. The van der Waals surface area contributed by atoms with Crippen LogP contribution in [0.25, 0.3) is 0 Å². The fourth-order valence-electron chi connectivity index (χ4n) is 5.79. The molecule has 0 aliphatic heterocycles. The number of aliphatic imine (C=N–C) groups is 1. The highest BCUT2D eigenvalue weighted by Gasteiger charge is 2.53. The Kier molecular flexibility index (Phi) is 3.62. The van der Waals surface area contributed by atoms with Crippen LogP contribution in [0, 0.1) is 33.3 Å². The van der Waals surface area contributed by atoms with Crippen molar-refractivity contribution in [1.29, 1.82) is 0 Å². The van der Waals surface area contributed by atoms with E-state index in [4.69, 9.17) is 4.99 Å². The third-order valence-corrected chi connectivity index (χ3v) is 6.61. The zero-order chi connectivity index (χ0) is 16.9. The van der Waals surface area contributed by atoms with Gasteiger partial charge in [0.15, 0.2) is 0 Å². The molecule has 1 aromatic rings. The molecular weight excluding hydrogens is 304 g/mol. The number of non-ortho nitro benzene ring substituents is 1. The maximum absolute atomic E-state index is 11.9. The summed E-state index contributed by atoms with van der Waals surface area (Å²) in [4.78, 5) is 15.1. The predicted molar refractivity (Wildman–Crippen MR) is 90.2 cm³/mol. The molecule has 0 amide bonds. The molecule has 5 heteroatoms. The van der Waals surface area contributed by atoms with Crippen molar-refractivity contribution in [3.05, 3.63) is 33.9 Å². The average Bonchev–Trinajstić information content (AvgIpc) is 2.52. The van der Waals surface area contributed by atoms with E-state index < -0.39 is 4.92 Å². The van der Waals surface area contributed by atoms with E-state index in [0.717, 1.165) is 17.8 Å². The van der Waals surface area contributed by atoms with Crippen LogP contribution in [0.15, 0.2) is 23.2 Å². The minimum atomic E-state index is -0.473. The first kappa shape index (κ1) is 15.6. The van der Waals surface area contributed by atoms with Crippen molar-refractivity contribution in [1.82, 2.24) is 0 Å². The predicted octanol–water partition coefficient (Wildman–Crippen LogP) is 3.69. The van der Waals surface area contributed by atoms with Gasteiger partial charge < -0.3 is 5.11 Å². The molecule has 0 unspecified atom stereocenters. The van der Waals surface area contributed by atoms with E-state index in [1.807, 2.05) is 0 Å². The Balaban J connectivity index is 1.56. The molecule has 0 saturated heterocycles. The minimum Gasteiger partial charge on any atom is -0.872 e. The van der Waals surface area contributed by atoms with Crippen LogP contribution >= 0.6 is 0 Å². The van der Waals surface area contributed by atoms with Gasteiger partial charge in [-0.05, 0) is 74.2 Å². The second kappa shape index (κ2) is 5.57. The van der Waals surface area contributed by atoms with Crippen molar-refractivity contribution in [3.63, 3.8) is 0 Å². The summed E-state index contributed by atoms with van der Waals surface area (Å²) in [6.45, 7) is 2.16. The fraction of sp³-hybridized carbons (Fsp3) is 0.632. The molecule has 5 nitrogen and oxygen atoms in total. The van der Waals surface area contributed by atoms with E-state index >= 15 is 0 Å². The van der Waals surface area contributed by atoms with Crippen molar-refractivity contribution >= 4 is 11.9 Å². The molecule has 1 atom stereocenters. The smallest absolute Gasteiger partial charge is 0.270 e. The van der Waals surface area contributed by atoms with E-state index in [1.54, 1.807) is 6.21 Å². The Morgan fingerprint density at radius 2 is 1.79 bits per heavy atom. The first-order valence-electron chi connectivity index (χ1n) is 8.94. The molecule has 0 spiro atoms. The van der Waals surface area contributed by atoms with Crippen molar-refractivity contribution < 1.29 is 10.0 Å². The van der Waals surface area contributed by atoms with Gasteiger partial charge in [-0.2, -0.15) is 0 Å². The summed E-state index contributed by atoms with van der Waals surface area (Å²) in [6, 6.07) is 4.01. The molecule has 0 N–H and O–H groups in total. The first-order valence-corrected chi connectivity index (χ1v) is 8.94. The Bertz CT molecular complexity index is 663. The summed E-state index contributed by atoms with van der Waals surface area (Å²) in [7, 11) is 0. The largest absolute Gasteiger partial charge is 0.872 e. The quantitative estimate of drug-likeness (QED) is 0.480. The molecule has 5 rings (SSSR count). The Hall–Kier alpha value is -1.91. The molecule has 0 radical (unpaired) electrons. The summed E-state index contributed by atoms with van der Waals surface area (Å²) in [5.41, 5.74) is 0.550. The topological polar surface area (TPSA) is 78.6 Å². The van der Waals surface area contributed by atoms with Gasteiger partial charge in [-0.25, -0.2) is 0 Å². The van der Waals surface area contributed by atoms with Crippen LogP contribution in [0.2, 0.25) is 0 Å². The van der Waals surface area contributed by atoms with Gasteiger partial charge in [0.2, 0.25) is 0 Å². The van der Waals surface area contributed by atoms with Crippen molar-refractivity contribution in [2.24, 2.45) is 28.2 Å². The number of hydrogen-bond donors (Lipinski definition) is 0. The summed E-state index contributed by atoms with van der Waals surface area (Å²) >= 11 is 0. The molecule has 1 aromatic carbocycles. The monoisotopic (exact) mass is 327 g/mol. The highest BCUT2D eigenvalue weighted by atomic mass is 16.6. The van der Waals surface area contributed by atoms with Crippen LogP contribution in [0.4, 0.5) is 5.69 Å². The van der Waals surface area contributed by atoms with Crippen molar-refractivity contribution in [2.45, 2.75) is 51.5 Å². The van der Waals surface area contributed by atoms with E-state index in [9.17, 15) is 15.2 Å². The third-order valence-electron chi connectivity index (χ3n) is 6.61. The molecule has 0 heterocycles. The van der Waals surface area contributed by atoms with E-state index in [1.165, 1.54) is 56.7 Å². The van der Waals surface area contributed by atoms with Crippen LogP contribution in [0.3, 0.4) is 0 Å². The number of rotatable bonds is 4. The van der Waals surface area contributed by atoms with Crippen LogP contribution < -0.4 is 5.11 Å². The number of benzene rings is 1. The summed E-state index contributed by atoms with van der Waals surface area (Å²) < 4.78 is 0. The van der Waals surface area contributed by atoms with E-state index in [0.29, 0.717) is 5.56 Å². The van der Waals surface area contributed by atoms with Gasteiger partial charge >= 0.3 is 0 Å². The van der Waals surface area contributed by atoms with E-state index in [2.05, 4.69) is 6.92 Å². The van der Waals surface area contributed by atoms with Crippen LogP contribution in [-0.2, 0) is 0 Å². The Labute approximate surface area is 142 Å². The van der Waals surface area contributed by atoms with Gasteiger partial charge in [-0.3, -0.25) is 15.1 Å². The lowest BCUT2D eigenvalue weighted by Crippen LogP contribution is -2.50. The zero-order valence-corrected chi connectivity index (χ0v) is 14.0. The molecule has 4 saturated carbocycles. The van der Waals surface area contributed by atoms with Crippen molar-refractivity contribution in [3.8, 4) is 5.75 Å².